The van der Waals surface area contributed by atoms with E-state index in [0.29, 0.717) is 5.92 Å². The van der Waals surface area contributed by atoms with Gasteiger partial charge in [0.15, 0.2) is 0 Å². The average molecular weight is 205 g/mol. The Morgan fingerprint density at radius 2 is 2.20 bits per heavy atom. The van der Waals surface area contributed by atoms with E-state index >= 15 is 0 Å². The minimum atomic E-state index is 0.272. The average Bonchev–Trinajstić information content (AvgIpc) is 2.59. The molecular formula is C13H19NO. The van der Waals surface area contributed by atoms with Crippen molar-refractivity contribution in [2.24, 2.45) is 0 Å². The molecule has 1 atom stereocenters. The van der Waals surface area contributed by atoms with Crippen molar-refractivity contribution in [3.05, 3.63) is 29.8 Å². The maximum Gasteiger partial charge on any atom is 0.119 e. The first-order valence-corrected chi connectivity index (χ1v) is 5.50. The minimum absolute atomic E-state index is 0.272. The number of ether oxygens (including phenoxy) is 1. The van der Waals surface area contributed by atoms with Crippen LogP contribution in [0.25, 0.3) is 0 Å². The summed E-state index contributed by atoms with van der Waals surface area (Å²) >= 11 is 0. The number of hydrogen-bond donors (Lipinski definition) is 1. The fourth-order valence-corrected chi connectivity index (χ4v) is 2.29. The quantitative estimate of drug-likeness (QED) is 0.801. The Hall–Kier alpha value is -1.02. The normalized spacial score (nSPS) is 24.1. The molecule has 0 spiro atoms. The van der Waals surface area contributed by atoms with Gasteiger partial charge < -0.3 is 10.1 Å². The van der Waals surface area contributed by atoms with Gasteiger partial charge >= 0.3 is 0 Å². The monoisotopic (exact) mass is 205 g/mol. The molecule has 0 amide bonds. The molecular weight excluding hydrogens is 186 g/mol. The molecule has 2 rings (SSSR count). The van der Waals surface area contributed by atoms with Crippen molar-refractivity contribution in [1.29, 1.82) is 0 Å². The summed E-state index contributed by atoms with van der Waals surface area (Å²) in [7, 11) is 1.72. The number of benzene rings is 1. The fourth-order valence-electron chi connectivity index (χ4n) is 2.29. The predicted octanol–water partition coefficient (Wildman–Crippen LogP) is 2.55. The van der Waals surface area contributed by atoms with Gasteiger partial charge in [0.2, 0.25) is 0 Å². The van der Waals surface area contributed by atoms with Crippen molar-refractivity contribution in [3.63, 3.8) is 0 Å². The van der Waals surface area contributed by atoms with Crippen LogP contribution in [0.3, 0.4) is 0 Å². The van der Waals surface area contributed by atoms with Gasteiger partial charge in [-0.3, -0.25) is 0 Å². The summed E-state index contributed by atoms with van der Waals surface area (Å²) in [6.07, 6.45) is 1.19. The molecule has 82 valence electrons. The van der Waals surface area contributed by atoms with E-state index in [1.807, 2.05) is 6.07 Å². The molecule has 1 aromatic carbocycles. The largest absolute Gasteiger partial charge is 0.497 e. The summed E-state index contributed by atoms with van der Waals surface area (Å²) in [5.41, 5.74) is 1.65. The van der Waals surface area contributed by atoms with Crippen molar-refractivity contribution in [3.8, 4) is 5.75 Å². The van der Waals surface area contributed by atoms with Crippen LogP contribution in [0.2, 0.25) is 0 Å². The Kier molecular flexibility index (Phi) is 2.70. The molecule has 1 aliphatic heterocycles. The third-order valence-corrected chi connectivity index (χ3v) is 3.15. The first kappa shape index (κ1) is 10.5. The van der Waals surface area contributed by atoms with Crippen molar-refractivity contribution in [2.45, 2.75) is 31.7 Å². The first-order valence-electron chi connectivity index (χ1n) is 5.50. The van der Waals surface area contributed by atoms with Gasteiger partial charge in [0.25, 0.3) is 0 Å². The number of rotatable bonds is 2. The van der Waals surface area contributed by atoms with Gasteiger partial charge in [-0.25, -0.2) is 0 Å². The van der Waals surface area contributed by atoms with Gasteiger partial charge in [-0.05, 0) is 43.9 Å². The highest BCUT2D eigenvalue weighted by Crippen LogP contribution is 2.32. The zero-order valence-electron chi connectivity index (χ0n) is 9.71. The van der Waals surface area contributed by atoms with Crippen molar-refractivity contribution in [1.82, 2.24) is 5.32 Å². The molecule has 1 N–H and O–H groups in total. The Labute approximate surface area is 91.6 Å². The lowest BCUT2D eigenvalue weighted by molar-refractivity contribution is 0.413. The Bertz CT molecular complexity index is 346. The number of hydrogen-bond acceptors (Lipinski definition) is 2. The van der Waals surface area contributed by atoms with Crippen molar-refractivity contribution in [2.75, 3.05) is 13.7 Å². The van der Waals surface area contributed by atoms with Crippen molar-refractivity contribution < 1.29 is 4.74 Å². The molecule has 1 saturated heterocycles. The van der Waals surface area contributed by atoms with Crippen LogP contribution in [0.4, 0.5) is 0 Å². The highest BCUT2D eigenvalue weighted by atomic mass is 16.5. The molecule has 0 saturated carbocycles. The molecule has 1 aromatic rings. The van der Waals surface area contributed by atoms with E-state index in [0.717, 1.165) is 12.3 Å². The Balaban J connectivity index is 2.16. The minimum Gasteiger partial charge on any atom is -0.497 e. The van der Waals surface area contributed by atoms with Crippen LogP contribution in [0, 0.1) is 0 Å². The van der Waals surface area contributed by atoms with Crippen LogP contribution in [-0.4, -0.2) is 19.2 Å². The van der Waals surface area contributed by atoms with Crippen LogP contribution in [-0.2, 0) is 0 Å². The molecule has 0 radical (unpaired) electrons. The molecule has 0 aromatic heterocycles. The summed E-state index contributed by atoms with van der Waals surface area (Å²) < 4.78 is 5.25. The lowest BCUT2D eigenvalue weighted by atomic mass is 9.91. The molecule has 15 heavy (non-hydrogen) atoms. The van der Waals surface area contributed by atoms with Crippen LogP contribution in [0.5, 0.6) is 5.75 Å². The van der Waals surface area contributed by atoms with E-state index in [-0.39, 0.29) is 5.54 Å². The predicted molar refractivity (Wildman–Crippen MR) is 62.4 cm³/mol. The van der Waals surface area contributed by atoms with Crippen LogP contribution in [0.1, 0.15) is 31.7 Å². The maximum absolute atomic E-state index is 5.25. The van der Waals surface area contributed by atoms with Gasteiger partial charge in [-0.15, -0.1) is 0 Å². The lowest BCUT2D eigenvalue weighted by Crippen LogP contribution is -2.31. The second-order valence-electron chi connectivity index (χ2n) is 4.94. The molecule has 1 aliphatic rings. The molecule has 1 fully saturated rings. The van der Waals surface area contributed by atoms with E-state index in [2.05, 4.69) is 37.4 Å². The van der Waals surface area contributed by atoms with Crippen LogP contribution >= 0.6 is 0 Å². The van der Waals surface area contributed by atoms with E-state index < -0.39 is 0 Å². The van der Waals surface area contributed by atoms with E-state index in [4.69, 9.17) is 4.74 Å². The molecule has 2 nitrogen and oxygen atoms in total. The van der Waals surface area contributed by atoms with Gasteiger partial charge in [-0.1, -0.05) is 12.1 Å². The van der Waals surface area contributed by atoms with Gasteiger partial charge in [0.05, 0.1) is 7.11 Å². The van der Waals surface area contributed by atoms with Gasteiger partial charge in [0.1, 0.15) is 5.75 Å². The van der Waals surface area contributed by atoms with Gasteiger partial charge in [-0.2, -0.15) is 0 Å². The molecule has 0 aliphatic carbocycles. The maximum atomic E-state index is 5.25. The van der Waals surface area contributed by atoms with Crippen LogP contribution < -0.4 is 10.1 Å². The van der Waals surface area contributed by atoms with E-state index in [9.17, 15) is 0 Å². The Morgan fingerprint density at radius 3 is 2.80 bits per heavy atom. The van der Waals surface area contributed by atoms with E-state index in [1.165, 1.54) is 12.0 Å². The summed E-state index contributed by atoms with van der Waals surface area (Å²) in [6.45, 7) is 5.58. The summed E-state index contributed by atoms with van der Waals surface area (Å²) in [4.78, 5) is 0. The molecule has 2 heteroatoms. The topological polar surface area (TPSA) is 21.3 Å². The van der Waals surface area contributed by atoms with Gasteiger partial charge in [0, 0.05) is 12.1 Å². The Morgan fingerprint density at radius 1 is 1.40 bits per heavy atom. The first-order chi connectivity index (χ1) is 7.11. The highest BCUT2D eigenvalue weighted by Gasteiger charge is 2.30. The second-order valence-corrected chi connectivity index (χ2v) is 4.94. The zero-order chi connectivity index (χ0) is 10.9. The standard InChI is InChI=1S/C13H19NO/c1-13(2)8-11(9-14-13)10-5-4-6-12(7-10)15-3/h4-7,11,14H,8-9H2,1-3H3. The summed E-state index contributed by atoms with van der Waals surface area (Å²) in [5, 5.41) is 3.54. The second kappa shape index (κ2) is 3.86. The molecule has 1 unspecified atom stereocenters. The zero-order valence-corrected chi connectivity index (χ0v) is 9.71. The fraction of sp³-hybridized carbons (Fsp3) is 0.538. The van der Waals surface area contributed by atoms with Crippen molar-refractivity contribution >= 4 is 0 Å². The highest BCUT2D eigenvalue weighted by molar-refractivity contribution is 5.32. The molecule has 0 bridgehead atoms. The van der Waals surface area contributed by atoms with E-state index in [1.54, 1.807) is 7.11 Å². The smallest absolute Gasteiger partial charge is 0.119 e. The summed E-state index contributed by atoms with van der Waals surface area (Å²) in [5.74, 6) is 1.58. The lowest BCUT2D eigenvalue weighted by Gasteiger charge is -2.17. The molecule has 1 heterocycles. The van der Waals surface area contributed by atoms with Crippen LogP contribution in [0.15, 0.2) is 24.3 Å². The summed E-state index contributed by atoms with van der Waals surface area (Å²) in [6, 6.07) is 8.40. The number of nitrogens with one attached hydrogen (secondary N) is 1. The number of methoxy groups -OCH3 is 1. The third-order valence-electron chi connectivity index (χ3n) is 3.15. The third kappa shape index (κ3) is 2.32. The SMILES string of the molecule is COc1cccc(C2CNC(C)(C)C2)c1.